The van der Waals surface area contributed by atoms with Crippen LogP contribution in [0.2, 0.25) is 0 Å². The summed E-state index contributed by atoms with van der Waals surface area (Å²) in [6, 6.07) is 5.37. The second-order valence-electron chi connectivity index (χ2n) is 7.57. The van der Waals surface area contributed by atoms with Crippen molar-refractivity contribution in [3.05, 3.63) is 40.8 Å². The fourth-order valence-corrected chi connectivity index (χ4v) is 2.58. The first-order valence-corrected chi connectivity index (χ1v) is 9.46. The van der Waals surface area contributed by atoms with Gasteiger partial charge < -0.3 is 18.6 Å². The molecule has 0 saturated carbocycles. The molecule has 1 aromatic heterocycles. The third-order valence-electron chi connectivity index (χ3n) is 3.51. The summed E-state index contributed by atoms with van der Waals surface area (Å²) < 4.78 is 23.3. The van der Waals surface area contributed by atoms with Gasteiger partial charge in [-0.05, 0) is 59.6 Å². The number of benzene rings is 1. The Hall–Kier alpha value is -2.43. The van der Waals surface area contributed by atoms with Crippen LogP contribution >= 0.6 is 0 Å². The Bertz CT molecular complexity index is 840. The van der Waals surface area contributed by atoms with Crippen LogP contribution in [-0.2, 0) is 0 Å². The van der Waals surface area contributed by atoms with Gasteiger partial charge in [-0.15, -0.1) is 0 Å². The van der Waals surface area contributed by atoms with E-state index in [0.29, 0.717) is 29.1 Å². The van der Waals surface area contributed by atoms with Gasteiger partial charge in [0.2, 0.25) is 5.75 Å². The van der Waals surface area contributed by atoms with Crippen molar-refractivity contribution in [2.75, 3.05) is 6.61 Å². The number of hydrogen-bond acceptors (Lipinski definition) is 5. The Morgan fingerprint density at radius 2 is 1.89 bits per heavy atom. The third-order valence-corrected chi connectivity index (χ3v) is 3.51. The number of fused-ring (bicyclic) bond motifs is 1. The van der Waals surface area contributed by atoms with Gasteiger partial charge in [0.25, 0.3) is 0 Å². The van der Waals surface area contributed by atoms with Crippen molar-refractivity contribution in [1.82, 2.24) is 0 Å². The van der Waals surface area contributed by atoms with Crippen molar-refractivity contribution in [2.24, 2.45) is 0 Å². The van der Waals surface area contributed by atoms with E-state index >= 15 is 0 Å². The van der Waals surface area contributed by atoms with Crippen LogP contribution in [0.5, 0.6) is 17.2 Å². The van der Waals surface area contributed by atoms with Gasteiger partial charge in [0, 0.05) is 0 Å². The lowest BCUT2D eigenvalue weighted by Crippen LogP contribution is -2.23. The molecule has 1 heterocycles. The van der Waals surface area contributed by atoms with Gasteiger partial charge in [-0.25, -0.2) is 4.79 Å². The fourth-order valence-electron chi connectivity index (χ4n) is 2.58. The monoisotopic (exact) mass is 374 g/mol. The highest BCUT2D eigenvalue weighted by Gasteiger charge is 2.24. The molecule has 0 aliphatic rings. The van der Waals surface area contributed by atoms with Gasteiger partial charge in [-0.1, -0.05) is 25.1 Å². The van der Waals surface area contributed by atoms with E-state index in [2.05, 4.69) is 19.1 Å². The molecular formula is C22H30O5. The van der Waals surface area contributed by atoms with Crippen molar-refractivity contribution in [1.29, 1.82) is 0 Å². The number of rotatable bonds is 8. The lowest BCUT2D eigenvalue weighted by atomic mass is 10.1. The molecule has 0 unspecified atom stereocenters. The summed E-state index contributed by atoms with van der Waals surface area (Å²) in [4.78, 5) is 12.5. The molecule has 148 valence electrons. The zero-order chi connectivity index (χ0) is 20.0. The maximum absolute atomic E-state index is 12.5. The molecule has 0 spiro atoms. The molecular weight excluding hydrogens is 344 g/mol. The van der Waals surface area contributed by atoms with Crippen LogP contribution in [0.1, 0.15) is 54.4 Å². The average molecular weight is 374 g/mol. The second kappa shape index (κ2) is 8.98. The lowest BCUT2D eigenvalue weighted by molar-refractivity contribution is 0.132. The van der Waals surface area contributed by atoms with E-state index in [4.69, 9.17) is 18.6 Å². The van der Waals surface area contributed by atoms with Gasteiger partial charge in [0.1, 0.15) is 22.3 Å². The largest absolute Gasteiger partial charge is 0.488 e. The highest BCUT2D eigenvalue weighted by molar-refractivity contribution is 5.91. The van der Waals surface area contributed by atoms with Crippen LogP contribution in [0, 0.1) is 0 Å². The zero-order valence-electron chi connectivity index (χ0n) is 17.1. The van der Waals surface area contributed by atoms with E-state index in [1.165, 1.54) is 0 Å². The lowest BCUT2D eigenvalue weighted by Gasteiger charge is -2.23. The molecule has 0 aliphatic carbocycles. The van der Waals surface area contributed by atoms with Crippen LogP contribution < -0.4 is 19.8 Å². The topological polar surface area (TPSA) is 57.9 Å². The van der Waals surface area contributed by atoms with Crippen molar-refractivity contribution < 1.29 is 18.6 Å². The molecule has 1 aromatic carbocycles. The normalized spacial score (nSPS) is 12.1. The summed E-state index contributed by atoms with van der Waals surface area (Å²) in [5.74, 6) is 1.05. The van der Waals surface area contributed by atoms with Crippen molar-refractivity contribution in [3.8, 4) is 17.2 Å². The maximum atomic E-state index is 12.5. The SMILES string of the molecule is CCC=CCCOc1c(OC(C)C)c(=O)oc2cccc(OC(C)(C)C)c12. The smallest absolute Gasteiger partial charge is 0.383 e. The standard InChI is InChI=1S/C22H30O5/c1-7-8-9-10-14-24-19-18-16(26-21(23)20(19)25-15(2)3)12-11-13-17(18)27-22(4,5)6/h8-9,11-13,15H,7,10,14H2,1-6H3. The Balaban J connectivity index is 2.58. The first kappa shape index (κ1) is 20.9. The Labute approximate surface area is 160 Å². The fraction of sp³-hybridized carbons (Fsp3) is 0.500. The first-order valence-electron chi connectivity index (χ1n) is 9.46. The van der Waals surface area contributed by atoms with Gasteiger partial charge in [0.15, 0.2) is 5.75 Å². The molecule has 0 atom stereocenters. The summed E-state index contributed by atoms with van der Waals surface area (Å²) in [6.07, 6.45) is 5.66. The summed E-state index contributed by atoms with van der Waals surface area (Å²) in [5.41, 5.74) is -0.551. The van der Waals surface area contributed by atoms with Gasteiger partial charge >= 0.3 is 5.63 Å². The Kier molecular flexibility index (Phi) is 6.94. The second-order valence-corrected chi connectivity index (χ2v) is 7.57. The maximum Gasteiger partial charge on any atom is 0.383 e. The number of hydrogen-bond donors (Lipinski definition) is 0. The van der Waals surface area contributed by atoms with E-state index in [9.17, 15) is 4.79 Å². The molecule has 0 bridgehead atoms. The molecule has 0 amide bonds. The quantitative estimate of drug-likeness (QED) is 0.347. The Morgan fingerprint density at radius 3 is 2.52 bits per heavy atom. The van der Waals surface area contributed by atoms with Crippen LogP contribution in [0.4, 0.5) is 0 Å². The average Bonchev–Trinajstić information content (AvgIpc) is 2.55. The highest BCUT2D eigenvalue weighted by atomic mass is 16.5. The van der Waals surface area contributed by atoms with Crippen LogP contribution in [-0.4, -0.2) is 18.3 Å². The molecule has 2 aromatic rings. The molecule has 27 heavy (non-hydrogen) atoms. The van der Waals surface area contributed by atoms with E-state index in [-0.39, 0.29) is 11.9 Å². The predicted octanol–water partition coefficient (Wildman–Crippen LogP) is 5.49. The van der Waals surface area contributed by atoms with E-state index in [0.717, 1.165) is 12.8 Å². The Morgan fingerprint density at radius 1 is 1.15 bits per heavy atom. The molecule has 0 fully saturated rings. The van der Waals surface area contributed by atoms with Crippen molar-refractivity contribution >= 4 is 11.0 Å². The molecule has 5 heteroatoms. The molecule has 0 aliphatic heterocycles. The minimum atomic E-state index is -0.553. The van der Waals surface area contributed by atoms with Gasteiger partial charge in [-0.2, -0.15) is 0 Å². The zero-order valence-corrected chi connectivity index (χ0v) is 17.1. The van der Waals surface area contributed by atoms with Crippen LogP contribution in [0.15, 0.2) is 39.6 Å². The van der Waals surface area contributed by atoms with E-state index < -0.39 is 11.2 Å². The summed E-state index contributed by atoms with van der Waals surface area (Å²) >= 11 is 0. The summed E-state index contributed by atoms with van der Waals surface area (Å²) in [7, 11) is 0. The van der Waals surface area contributed by atoms with E-state index in [1.54, 1.807) is 12.1 Å². The van der Waals surface area contributed by atoms with Gasteiger partial charge in [0.05, 0.1) is 12.7 Å². The van der Waals surface area contributed by atoms with E-state index in [1.807, 2.05) is 40.7 Å². The number of allylic oxidation sites excluding steroid dienone is 1. The first-order chi connectivity index (χ1) is 12.7. The summed E-state index contributed by atoms with van der Waals surface area (Å²) in [6.45, 7) is 12.1. The molecule has 2 rings (SSSR count). The molecule has 0 N–H and O–H groups in total. The minimum absolute atomic E-state index is 0.0851. The minimum Gasteiger partial charge on any atom is -0.488 e. The third kappa shape index (κ3) is 5.78. The van der Waals surface area contributed by atoms with Crippen LogP contribution in [0.3, 0.4) is 0 Å². The van der Waals surface area contributed by atoms with Crippen molar-refractivity contribution in [2.45, 2.75) is 66.1 Å². The molecule has 0 saturated heterocycles. The highest BCUT2D eigenvalue weighted by Crippen LogP contribution is 2.40. The predicted molar refractivity (Wildman–Crippen MR) is 108 cm³/mol. The van der Waals surface area contributed by atoms with Gasteiger partial charge in [-0.3, -0.25) is 0 Å². The number of ether oxygens (including phenoxy) is 3. The molecule has 5 nitrogen and oxygen atoms in total. The summed E-state index contributed by atoms with van der Waals surface area (Å²) in [5, 5.41) is 0.613. The van der Waals surface area contributed by atoms with Crippen molar-refractivity contribution in [3.63, 3.8) is 0 Å². The van der Waals surface area contributed by atoms with Crippen LogP contribution in [0.25, 0.3) is 11.0 Å². The molecule has 0 radical (unpaired) electrons.